The molecule has 0 aromatic rings. The summed E-state index contributed by atoms with van der Waals surface area (Å²) >= 11 is -1.87. The van der Waals surface area contributed by atoms with Crippen LogP contribution in [-0.4, -0.2) is 26.5 Å². The molecule has 0 radical (unpaired) electrons. The zero-order chi connectivity index (χ0) is 10.3. The SMILES string of the molecule is C[Si](C)(C)[C]1([Sn]([CH3])([CH3])[CH3])C=CC=C1. The van der Waals surface area contributed by atoms with E-state index in [1.807, 2.05) is 0 Å². The maximum atomic E-state index is 2.56. The molecule has 0 amide bonds. The van der Waals surface area contributed by atoms with E-state index in [9.17, 15) is 0 Å². The van der Waals surface area contributed by atoms with Gasteiger partial charge in [0.05, 0.1) is 0 Å². The Morgan fingerprint density at radius 2 is 1.31 bits per heavy atom. The van der Waals surface area contributed by atoms with Crippen LogP contribution in [0.2, 0.25) is 37.5 Å². The zero-order valence-electron chi connectivity index (χ0n) is 9.81. The summed E-state index contributed by atoms with van der Waals surface area (Å²) in [5.41, 5.74) is 0. The minimum absolute atomic E-state index is 0.557. The van der Waals surface area contributed by atoms with Gasteiger partial charge in [0, 0.05) is 0 Å². The summed E-state index contributed by atoms with van der Waals surface area (Å²) in [5, 5.41) is 0. The van der Waals surface area contributed by atoms with E-state index in [4.69, 9.17) is 0 Å². The van der Waals surface area contributed by atoms with Crippen LogP contribution < -0.4 is 0 Å². The number of hydrogen-bond donors (Lipinski definition) is 0. The second kappa shape index (κ2) is 3.26. The van der Waals surface area contributed by atoms with Gasteiger partial charge < -0.3 is 0 Å². The number of rotatable bonds is 2. The average Bonchev–Trinajstić information content (AvgIpc) is 2.28. The third-order valence-corrected chi connectivity index (χ3v) is 25.6. The molecule has 0 spiro atoms. The first-order valence-electron chi connectivity index (χ1n) is 5.08. The first-order chi connectivity index (χ1) is 5.71. The normalized spacial score (nSPS) is 21.1. The van der Waals surface area contributed by atoms with Crippen LogP contribution in [0.4, 0.5) is 0 Å². The molecule has 2 heteroatoms. The van der Waals surface area contributed by atoms with Gasteiger partial charge in [-0.2, -0.15) is 0 Å². The van der Waals surface area contributed by atoms with Crippen LogP contribution >= 0.6 is 0 Å². The van der Waals surface area contributed by atoms with Gasteiger partial charge >= 0.3 is 88.3 Å². The van der Waals surface area contributed by atoms with Crippen LogP contribution in [0.25, 0.3) is 0 Å². The first kappa shape index (κ1) is 11.6. The summed E-state index contributed by atoms with van der Waals surface area (Å²) < 4.78 is 0.557. The first-order valence-corrected chi connectivity index (χ1v) is 18.6. The topological polar surface area (TPSA) is 0 Å². The predicted octanol–water partition coefficient (Wildman–Crippen LogP) is 4.07. The van der Waals surface area contributed by atoms with Crippen LogP contribution in [0.1, 0.15) is 0 Å². The number of allylic oxidation sites excluding steroid dienone is 4. The summed E-state index contributed by atoms with van der Waals surface area (Å²) in [6, 6.07) is 0. The molecule has 0 saturated carbocycles. The standard InChI is InChI=1S/C8H13Si.3CH3.Sn/c1-9(2,3)8-6-4-5-7-8;;;;/h4-7H,1-3H3;3*1H3;. The molecule has 74 valence electrons. The Morgan fingerprint density at radius 3 is 1.46 bits per heavy atom. The van der Waals surface area contributed by atoms with Crippen molar-refractivity contribution in [2.75, 3.05) is 0 Å². The van der Waals surface area contributed by atoms with Crippen molar-refractivity contribution in [2.45, 2.75) is 37.5 Å². The quantitative estimate of drug-likeness (QED) is 0.675. The summed E-state index contributed by atoms with van der Waals surface area (Å²) in [7, 11) is -1.09. The number of hydrogen-bond acceptors (Lipinski definition) is 0. The Hall–Kier alpha value is 0.496. The van der Waals surface area contributed by atoms with E-state index >= 15 is 0 Å². The Balaban J connectivity index is 3.19. The molecule has 0 bridgehead atoms. The van der Waals surface area contributed by atoms with E-state index in [-0.39, 0.29) is 0 Å². The van der Waals surface area contributed by atoms with Crippen molar-refractivity contribution in [3.63, 3.8) is 0 Å². The van der Waals surface area contributed by atoms with Crippen LogP contribution in [0.15, 0.2) is 24.3 Å². The second-order valence-corrected chi connectivity index (χ2v) is 28.0. The molecule has 0 aromatic carbocycles. The Labute approximate surface area is 88.0 Å². The molecule has 0 N–H and O–H groups in total. The second-order valence-electron chi connectivity index (χ2n) is 6.09. The molecule has 0 atom stereocenters. The summed E-state index contributed by atoms with van der Waals surface area (Å²) in [4.78, 5) is 7.69. The fraction of sp³-hybridized carbons (Fsp3) is 0.636. The van der Waals surface area contributed by atoms with Crippen LogP contribution in [0.5, 0.6) is 0 Å². The van der Waals surface area contributed by atoms with Gasteiger partial charge in [-0.05, 0) is 0 Å². The van der Waals surface area contributed by atoms with Crippen LogP contribution in [0, 0.1) is 0 Å². The van der Waals surface area contributed by atoms with Crippen molar-refractivity contribution in [3.05, 3.63) is 24.3 Å². The van der Waals surface area contributed by atoms with Crippen LogP contribution in [-0.2, 0) is 0 Å². The maximum absolute atomic E-state index is 2.56. The molecular weight excluding hydrogens is 279 g/mol. The predicted molar refractivity (Wildman–Crippen MR) is 67.7 cm³/mol. The molecule has 0 aromatic heterocycles. The molecule has 1 aliphatic carbocycles. The summed E-state index contributed by atoms with van der Waals surface area (Å²) in [6.07, 6.45) is 9.55. The molecule has 1 rings (SSSR count). The van der Waals surface area contributed by atoms with E-state index in [0.717, 1.165) is 0 Å². The molecule has 1 aliphatic rings. The van der Waals surface area contributed by atoms with E-state index in [1.54, 1.807) is 0 Å². The molecule has 0 aliphatic heterocycles. The van der Waals surface area contributed by atoms with Gasteiger partial charge in [-0.3, -0.25) is 0 Å². The van der Waals surface area contributed by atoms with Crippen molar-refractivity contribution in [1.29, 1.82) is 0 Å². The summed E-state index contributed by atoms with van der Waals surface area (Å²) in [5.74, 6) is 0. The monoisotopic (exact) mass is 302 g/mol. The third-order valence-electron chi connectivity index (χ3n) is 3.31. The molecule has 0 saturated heterocycles. The minimum atomic E-state index is -1.87. The van der Waals surface area contributed by atoms with Crippen molar-refractivity contribution < 1.29 is 0 Å². The van der Waals surface area contributed by atoms with E-state index in [2.05, 4.69) is 58.8 Å². The van der Waals surface area contributed by atoms with Crippen molar-refractivity contribution in [2.24, 2.45) is 0 Å². The molecule has 0 unspecified atom stereocenters. The molecule has 0 heterocycles. The van der Waals surface area contributed by atoms with E-state index in [0.29, 0.717) is 3.05 Å². The fourth-order valence-electron chi connectivity index (χ4n) is 2.60. The van der Waals surface area contributed by atoms with Gasteiger partial charge in [-0.25, -0.2) is 0 Å². The average molecular weight is 301 g/mol. The van der Waals surface area contributed by atoms with E-state index < -0.39 is 26.5 Å². The van der Waals surface area contributed by atoms with Crippen molar-refractivity contribution in [3.8, 4) is 0 Å². The van der Waals surface area contributed by atoms with Crippen molar-refractivity contribution in [1.82, 2.24) is 0 Å². The van der Waals surface area contributed by atoms with Gasteiger partial charge in [0.1, 0.15) is 0 Å². The Kier molecular flexibility index (Phi) is 2.90. The third kappa shape index (κ3) is 1.82. The molecule has 0 nitrogen and oxygen atoms in total. The van der Waals surface area contributed by atoms with Gasteiger partial charge in [-0.15, -0.1) is 0 Å². The summed E-state index contributed by atoms with van der Waals surface area (Å²) in [6.45, 7) is 7.53. The van der Waals surface area contributed by atoms with Gasteiger partial charge in [0.2, 0.25) is 0 Å². The van der Waals surface area contributed by atoms with E-state index in [1.165, 1.54) is 0 Å². The van der Waals surface area contributed by atoms with Crippen LogP contribution in [0.3, 0.4) is 0 Å². The Morgan fingerprint density at radius 1 is 0.923 bits per heavy atom. The van der Waals surface area contributed by atoms with Gasteiger partial charge in [0.25, 0.3) is 0 Å². The van der Waals surface area contributed by atoms with Crippen molar-refractivity contribution >= 4 is 26.5 Å². The molecular formula is C11H22SiSn. The van der Waals surface area contributed by atoms with Gasteiger partial charge in [-0.1, -0.05) is 0 Å². The molecule has 0 fully saturated rings. The zero-order valence-corrected chi connectivity index (χ0v) is 13.7. The van der Waals surface area contributed by atoms with Gasteiger partial charge in [0.15, 0.2) is 0 Å². The fourth-order valence-corrected chi connectivity index (χ4v) is 28.7. The Bertz CT molecular complexity index is 222. The molecule has 13 heavy (non-hydrogen) atoms.